The fourth-order valence-electron chi connectivity index (χ4n) is 2.57. The highest BCUT2D eigenvalue weighted by atomic mass is 16.5. The summed E-state index contributed by atoms with van der Waals surface area (Å²) in [5.41, 5.74) is 0. The minimum atomic E-state index is -0.124. The molecule has 1 amide bonds. The third-order valence-corrected chi connectivity index (χ3v) is 3.90. The third kappa shape index (κ3) is 5.49. The second-order valence-corrected chi connectivity index (χ2v) is 5.93. The molecule has 1 saturated heterocycles. The Bertz CT molecular complexity index is 261. The molecule has 112 valence electrons. The summed E-state index contributed by atoms with van der Waals surface area (Å²) in [6.45, 7) is 8.76. The molecule has 0 spiro atoms. The average molecular weight is 270 g/mol. The van der Waals surface area contributed by atoms with Crippen molar-refractivity contribution in [1.29, 1.82) is 0 Å². The molecule has 0 aliphatic carbocycles. The number of likely N-dealkylation sites (tertiary alicyclic amines) is 1. The van der Waals surface area contributed by atoms with E-state index >= 15 is 0 Å². The Balaban J connectivity index is 2.49. The summed E-state index contributed by atoms with van der Waals surface area (Å²) < 4.78 is 5.22. The van der Waals surface area contributed by atoms with E-state index in [1.165, 1.54) is 12.8 Å². The van der Waals surface area contributed by atoms with Gasteiger partial charge in [0.25, 0.3) is 0 Å². The first-order valence-electron chi connectivity index (χ1n) is 7.60. The Kier molecular flexibility index (Phi) is 7.39. The predicted octanol–water partition coefficient (Wildman–Crippen LogP) is 2.04. The number of hydrogen-bond acceptors (Lipinski definition) is 3. The van der Waals surface area contributed by atoms with Crippen LogP contribution in [0.5, 0.6) is 0 Å². The molecular weight excluding hydrogens is 240 g/mol. The number of carbonyl (C=O) groups is 1. The van der Waals surface area contributed by atoms with Gasteiger partial charge in [-0.15, -0.1) is 0 Å². The van der Waals surface area contributed by atoms with Gasteiger partial charge < -0.3 is 15.0 Å². The minimum Gasteiger partial charge on any atom is -0.383 e. The largest absolute Gasteiger partial charge is 0.383 e. The van der Waals surface area contributed by atoms with Gasteiger partial charge in [0.2, 0.25) is 5.91 Å². The third-order valence-electron chi connectivity index (χ3n) is 3.90. The molecule has 0 saturated carbocycles. The molecule has 4 nitrogen and oxygen atoms in total. The highest BCUT2D eigenvalue weighted by Crippen LogP contribution is 2.11. The highest BCUT2D eigenvalue weighted by molar-refractivity contribution is 5.81. The smallest absolute Gasteiger partial charge is 0.239 e. The quantitative estimate of drug-likeness (QED) is 0.803. The summed E-state index contributed by atoms with van der Waals surface area (Å²) in [6.07, 6.45) is 4.79. The lowest BCUT2D eigenvalue weighted by Gasteiger charge is -2.29. The highest BCUT2D eigenvalue weighted by Gasteiger charge is 2.24. The number of rotatable bonds is 6. The fraction of sp³-hybridized carbons (Fsp3) is 0.933. The van der Waals surface area contributed by atoms with Crippen molar-refractivity contribution in [3.63, 3.8) is 0 Å². The van der Waals surface area contributed by atoms with Crippen LogP contribution in [0.2, 0.25) is 0 Å². The maximum atomic E-state index is 12.4. The normalized spacial score (nSPS) is 20.2. The van der Waals surface area contributed by atoms with Crippen LogP contribution in [-0.2, 0) is 9.53 Å². The molecule has 2 atom stereocenters. The molecule has 0 aromatic carbocycles. The molecule has 19 heavy (non-hydrogen) atoms. The van der Waals surface area contributed by atoms with Gasteiger partial charge in [-0.05, 0) is 25.7 Å². The molecular formula is C15H30N2O2. The zero-order valence-electron chi connectivity index (χ0n) is 12.9. The van der Waals surface area contributed by atoms with Gasteiger partial charge in [0, 0.05) is 26.2 Å². The summed E-state index contributed by atoms with van der Waals surface area (Å²) in [5.74, 6) is 0.697. The van der Waals surface area contributed by atoms with Crippen molar-refractivity contribution < 1.29 is 9.53 Å². The van der Waals surface area contributed by atoms with Crippen molar-refractivity contribution in [3.05, 3.63) is 0 Å². The molecule has 1 fully saturated rings. The monoisotopic (exact) mass is 270 g/mol. The van der Waals surface area contributed by atoms with Crippen molar-refractivity contribution >= 4 is 5.91 Å². The fourth-order valence-corrected chi connectivity index (χ4v) is 2.57. The van der Waals surface area contributed by atoms with Crippen molar-refractivity contribution in [2.24, 2.45) is 5.92 Å². The van der Waals surface area contributed by atoms with Gasteiger partial charge >= 0.3 is 0 Å². The molecule has 4 heteroatoms. The Labute approximate surface area is 117 Å². The Morgan fingerprint density at radius 3 is 2.21 bits per heavy atom. The van der Waals surface area contributed by atoms with Gasteiger partial charge in [-0.25, -0.2) is 0 Å². The SMILES string of the molecule is COCC(NC(C)C(=O)N1CCCCCC1)C(C)C. The Morgan fingerprint density at radius 1 is 1.16 bits per heavy atom. The number of hydrogen-bond donors (Lipinski definition) is 1. The zero-order chi connectivity index (χ0) is 14.3. The summed E-state index contributed by atoms with van der Waals surface area (Å²) in [6, 6.07) is 0.108. The van der Waals surface area contributed by atoms with E-state index < -0.39 is 0 Å². The van der Waals surface area contributed by atoms with Crippen LogP contribution in [0.3, 0.4) is 0 Å². The van der Waals surface area contributed by atoms with E-state index in [0.717, 1.165) is 25.9 Å². The van der Waals surface area contributed by atoms with Crippen LogP contribution < -0.4 is 5.32 Å². The maximum absolute atomic E-state index is 12.4. The van der Waals surface area contributed by atoms with Crippen molar-refractivity contribution in [1.82, 2.24) is 10.2 Å². The zero-order valence-corrected chi connectivity index (χ0v) is 12.9. The average Bonchev–Trinajstić information content (AvgIpc) is 2.65. The first-order chi connectivity index (χ1) is 9.06. The van der Waals surface area contributed by atoms with Gasteiger partial charge in [0.1, 0.15) is 0 Å². The molecule has 0 bridgehead atoms. The molecule has 0 aromatic heterocycles. The summed E-state index contributed by atoms with van der Waals surface area (Å²) >= 11 is 0. The van der Waals surface area contributed by atoms with E-state index in [4.69, 9.17) is 4.74 Å². The van der Waals surface area contributed by atoms with Gasteiger partial charge in [0.05, 0.1) is 12.6 Å². The summed E-state index contributed by atoms with van der Waals surface area (Å²) in [5, 5.41) is 3.42. The lowest BCUT2D eigenvalue weighted by atomic mass is 10.0. The van der Waals surface area contributed by atoms with E-state index in [2.05, 4.69) is 19.2 Å². The number of carbonyl (C=O) groups excluding carboxylic acids is 1. The second kappa shape index (κ2) is 8.54. The number of nitrogens with one attached hydrogen (secondary N) is 1. The minimum absolute atomic E-state index is 0.124. The molecule has 1 aliphatic heterocycles. The van der Waals surface area contributed by atoms with E-state index in [9.17, 15) is 4.79 Å². The topological polar surface area (TPSA) is 41.6 Å². The van der Waals surface area contributed by atoms with Crippen molar-refractivity contribution in [3.8, 4) is 0 Å². The molecule has 0 aromatic rings. The molecule has 0 radical (unpaired) electrons. The van der Waals surface area contributed by atoms with Gasteiger partial charge in [-0.3, -0.25) is 4.79 Å². The molecule has 2 unspecified atom stereocenters. The van der Waals surface area contributed by atoms with Crippen LogP contribution in [-0.4, -0.2) is 49.7 Å². The van der Waals surface area contributed by atoms with E-state index in [0.29, 0.717) is 12.5 Å². The van der Waals surface area contributed by atoms with E-state index in [1.807, 2.05) is 11.8 Å². The van der Waals surface area contributed by atoms with E-state index in [-0.39, 0.29) is 18.0 Å². The number of amides is 1. The second-order valence-electron chi connectivity index (χ2n) is 5.93. The van der Waals surface area contributed by atoms with Crippen LogP contribution >= 0.6 is 0 Å². The summed E-state index contributed by atoms with van der Waals surface area (Å²) in [4.78, 5) is 14.5. The van der Waals surface area contributed by atoms with Crippen LogP contribution in [0, 0.1) is 5.92 Å². The van der Waals surface area contributed by atoms with Crippen LogP contribution in [0.25, 0.3) is 0 Å². The maximum Gasteiger partial charge on any atom is 0.239 e. The first kappa shape index (κ1) is 16.4. The van der Waals surface area contributed by atoms with Crippen LogP contribution in [0.1, 0.15) is 46.5 Å². The standard InChI is InChI=1S/C15H30N2O2/c1-12(2)14(11-19-4)16-13(3)15(18)17-9-7-5-6-8-10-17/h12-14,16H,5-11H2,1-4H3. The van der Waals surface area contributed by atoms with Crippen molar-refractivity contribution in [2.75, 3.05) is 26.8 Å². The van der Waals surface area contributed by atoms with Gasteiger partial charge in [-0.2, -0.15) is 0 Å². The van der Waals surface area contributed by atoms with Crippen LogP contribution in [0.4, 0.5) is 0 Å². The molecule has 1 heterocycles. The van der Waals surface area contributed by atoms with E-state index in [1.54, 1.807) is 7.11 Å². The lowest BCUT2D eigenvalue weighted by molar-refractivity contribution is -0.133. The summed E-state index contributed by atoms with van der Waals surface area (Å²) in [7, 11) is 1.71. The first-order valence-corrected chi connectivity index (χ1v) is 7.60. The van der Waals surface area contributed by atoms with Gasteiger partial charge in [-0.1, -0.05) is 26.7 Å². The van der Waals surface area contributed by atoms with Crippen LogP contribution in [0.15, 0.2) is 0 Å². The van der Waals surface area contributed by atoms with Crippen molar-refractivity contribution in [2.45, 2.75) is 58.5 Å². The number of methoxy groups -OCH3 is 1. The van der Waals surface area contributed by atoms with Gasteiger partial charge in [0.15, 0.2) is 0 Å². The Hall–Kier alpha value is -0.610. The molecule has 1 aliphatic rings. The number of ether oxygens (including phenoxy) is 1. The molecule has 1 rings (SSSR count). The lowest BCUT2D eigenvalue weighted by Crippen LogP contribution is -2.51. The Morgan fingerprint density at radius 2 is 1.74 bits per heavy atom. The molecule has 1 N–H and O–H groups in total. The predicted molar refractivity (Wildman–Crippen MR) is 78.1 cm³/mol. The number of nitrogens with zero attached hydrogens (tertiary/aromatic N) is 1.